The molecule has 0 bridgehead atoms. The Kier molecular flexibility index (Phi) is 3.44. The van der Waals surface area contributed by atoms with E-state index in [2.05, 4.69) is 4.74 Å². The molecule has 0 amide bonds. The van der Waals surface area contributed by atoms with Gasteiger partial charge in [0.25, 0.3) is 0 Å². The van der Waals surface area contributed by atoms with E-state index < -0.39 is 25.6 Å². The molecule has 0 aromatic rings. The molecular weight excluding hydrogens is 135 g/mol. The number of carbonyl (C=O) groups excluding carboxylic acids is 1. The minimum atomic E-state index is -3.53. The second-order valence-electron chi connectivity index (χ2n) is 0.705. The van der Waals surface area contributed by atoms with Crippen LogP contribution in [-0.4, -0.2) is 30.8 Å². The first-order chi connectivity index (χ1) is 5.90. The molecule has 0 aromatic heterocycles. The quantitative estimate of drug-likeness (QED) is 0.404. The maximum absolute atomic E-state index is 10.0. The van der Waals surface area contributed by atoms with Gasteiger partial charge in [-0.25, -0.2) is 0 Å². The van der Waals surface area contributed by atoms with Gasteiger partial charge in [-0.05, 0) is 0 Å². The number of aliphatic carboxylic acids is 1. The molecule has 0 saturated carbocycles. The Labute approximate surface area is 83.5 Å². The predicted molar refractivity (Wildman–Crippen MR) is 22.9 cm³/mol. The second-order valence-corrected chi connectivity index (χ2v) is 0.705. The normalized spacial score (nSPS) is 22.8. The standard InChI is InChI=1S/C4H8O4.Na/c5-1-2-8-3-4(6)7;/h5H,1-3H2,(H,6,7);/q;+1/p-1/i1D2,2D2,3D2;. The van der Waals surface area contributed by atoms with E-state index in [0.29, 0.717) is 0 Å². The molecule has 4 nitrogen and oxygen atoms in total. The van der Waals surface area contributed by atoms with E-state index in [1.807, 2.05) is 0 Å². The average Bonchev–Trinajstić information content (AvgIpc) is 1.80. The van der Waals surface area contributed by atoms with Gasteiger partial charge in [0.1, 0.15) is 0 Å². The van der Waals surface area contributed by atoms with Crippen LogP contribution in [0.25, 0.3) is 0 Å². The molecule has 0 radical (unpaired) electrons. The van der Waals surface area contributed by atoms with Crippen LogP contribution >= 0.6 is 0 Å². The number of carbonyl (C=O) groups is 1. The van der Waals surface area contributed by atoms with Crippen molar-refractivity contribution in [1.29, 1.82) is 0 Å². The Morgan fingerprint density at radius 1 is 1.89 bits per heavy atom. The molecule has 0 fully saturated rings. The van der Waals surface area contributed by atoms with E-state index in [-0.39, 0.29) is 29.6 Å². The Morgan fingerprint density at radius 2 is 2.44 bits per heavy atom. The van der Waals surface area contributed by atoms with Crippen LogP contribution in [0.5, 0.6) is 0 Å². The van der Waals surface area contributed by atoms with Crippen molar-refractivity contribution in [3.63, 3.8) is 0 Å². The number of aliphatic hydroxyl groups is 1. The number of rotatable bonds is 4. The number of hydrogen-bond donors (Lipinski definition) is 1. The number of carboxylic acid groups (broad SMARTS) is 1. The summed E-state index contributed by atoms with van der Waals surface area (Å²) in [5.41, 5.74) is 0. The summed E-state index contributed by atoms with van der Waals surface area (Å²) < 4.78 is 43.2. The summed E-state index contributed by atoms with van der Waals surface area (Å²) in [7, 11) is 0. The molecular formula is C4H7NaO4. The Bertz CT molecular complexity index is 238. The summed E-state index contributed by atoms with van der Waals surface area (Å²) in [6.45, 7) is -10.6. The van der Waals surface area contributed by atoms with E-state index in [4.69, 9.17) is 13.3 Å². The van der Waals surface area contributed by atoms with Crippen molar-refractivity contribution in [2.75, 3.05) is 19.7 Å². The number of ether oxygens (including phenoxy) is 1. The summed E-state index contributed by atoms with van der Waals surface area (Å²) in [5.74, 6) is -2.37. The SMILES string of the molecule is [2H]C([2H])(OC([2H])([2H])C([2H])([2H])O)C(=O)[O-].[Na+]. The zero-order chi connectivity index (χ0) is 11.8. The van der Waals surface area contributed by atoms with Crippen molar-refractivity contribution in [1.82, 2.24) is 0 Å². The van der Waals surface area contributed by atoms with Gasteiger partial charge in [-0.3, -0.25) is 0 Å². The molecule has 0 saturated heterocycles. The van der Waals surface area contributed by atoms with Gasteiger partial charge in [-0.1, -0.05) is 0 Å². The van der Waals surface area contributed by atoms with Crippen molar-refractivity contribution < 1.29 is 57.5 Å². The molecule has 0 rings (SSSR count). The van der Waals surface area contributed by atoms with E-state index in [1.54, 1.807) is 0 Å². The molecule has 0 atom stereocenters. The van der Waals surface area contributed by atoms with Gasteiger partial charge in [-0.15, -0.1) is 0 Å². The molecule has 0 spiro atoms. The van der Waals surface area contributed by atoms with Crippen molar-refractivity contribution in [2.45, 2.75) is 0 Å². The predicted octanol–water partition coefficient (Wildman–Crippen LogP) is -5.25. The summed E-state index contributed by atoms with van der Waals surface area (Å²) in [6.07, 6.45) is 0. The maximum Gasteiger partial charge on any atom is 1.00 e. The third-order valence-corrected chi connectivity index (χ3v) is 0.231. The minimum Gasteiger partial charge on any atom is -0.548 e. The van der Waals surface area contributed by atoms with E-state index in [1.165, 1.54) is 0 Å². The fraction of sp³-hybridized carbons (Fsp3) is 0.750. The monoisotopic (exact) mass is 148 g/mol. The van der Waals surface area contributed by atoms with Gasteiger partial charge in [0.15, 0.2) is 0 Å². The van der Waals surface area contributed by atoms with Gasteiger partial charge in [-0.2, -0.15) is 0 Å². The topological polar surface area (TPSA) is 69.6 Å². The largest absolute Gasteiger partial charge is 1.00 e. The van der Waals surface area contributed by atoms with Crippen LogP contribution in [0, 0.1) is 0 Å². The Hall–Kier alpha value is 0.390. The van der Waals surface area contributed by atoms with Gasteiger partial charge >= 0.3 is 29.6 Å². The zero-order valence-corrected chi connectivity index (χ0v) is 6.67. The van der Waals surface area contributed by atoms with Crippen LogP contribution in [0.1, 0.15) is 8.22 Å². The summed E-state index contributed by atoms with van der Waals surface area (Å²) in [4.78, 5) is 10.0. The van der Waals surface area contributed by atoms with Crippen LogP contribution in [-0.2, 0) is 9.53 Å². The van der Waals surface area contributed by atoms with Crippen LogP contribution in [0.2, 0.25) is 0 Å². The average molecular weight is 148 g/mol. The molecule has 48 valence electrons. The molecule has 0 aliphatic rings. The van der Waals surface area contributed by atoms with E-state index in [9.17, 15) is 9.90 Å². The Morgan fingerprint density at radius 3 is 2.78 bits per heavy atom. The van der Waals surface area contributed by atoms with Crippen molar-refractivity contribution >= 4 is 5.97 Å². The third-order valence-electron chi connectivity index (χ3n) is 0.231. The zero-order valence-electron chi connectivity index (χ0n) is 10.7. The van der Waals surface area contributed by atoms with Crippen LogP contribution in [0.3, 0.4) is 0 Å². The fourth-order valence-electron chi connectivity index (χ4n) is 0.0900. The summed E-state index contributed by atoms with van der Waals surface area (Å²) in [6, 6.07) is 0. The molecule has 9 heavy (non-hydrogen) atoms. The molecule has 0 aliphatic carbocycles. The molecule has 0 unspecified atom stereocenters. The van der Waals surface area contributed by atoms with Gasteiger partial charge in [0, 0.05) is 0 Å². The van der Waals surface area contributed by atoms with Gasteiger partial charge < -0.3 is 19.7 Å². The first kappa shape index (κ1) is 3.69. The van der Waals surface area contributed by atoms with E-state index >= 15 is 0 Å². The third kappa shape index (κ3) is 11.8. The fourth-order valence-corrected chi connectivity index (χ4v) is 0.0900. The van der Waals surface area contributed by atoms with Crippen LogP contribution in [0.15, 0.2) is 0 Å². The molecule has 1 N–H and O–H groups in total. The smallest absolute Gasteiger partial charge is 0.548 e. The molecule has 5 heteroatoms. The molecule has 0 aliphatic heterocycles. The first-order valence-electron chi connectivity index (χ1n) is 4.54. The van der Waals surface area contributed by atoms with Crippen molar-refractivity contribution in [3.05, 3.63) is 0 Å². The van der Waals surface area contributed by atoms with Crippen molar-refractivity contribution in [2.24, 2.45) is 0 Å². The van der Waals surface area contributed by atoms with Gasteiger partial charge in [0.2, 0.25) is 0 Å². The maximum atomic E-state index is 10.0. The van der Waals surface area contributed by atoms with Crippen LogP contribution in [0.4, 0.5) is 0 Å². The van der Waals surface area contributed by atoms with E-state index in [0.717, 1.165) is 0 Å². The number of hydrogen-bond acceptors (Lipinski definition) is 4. The number of carboxylic acids is 1. The van der Waals surface area contributed by atoms with Crippen molar-refractivity contribution in [3.8, 4) is 0 Å². The first-order valence-corrected chi connectivity index (χ1v) is 1.54. The second kappa shape index (κ2) is 8.39. The summed E-state index contributed by atoms with van der Waals surface area (Å²) in [5, 5.41) is 18.6. The minimum absolute atomic E-state index is 0. The summed E-state index contributed by atoms with van der Waals surface area (Å²) >= 11 is 0. The van der Waals surface area contributed by atoms with Gasteiger partial charge in [0.05, 0.1) is 33.9 Å². The molecule has 0 heterocycles. The van der Waals surface area contributed by atoms with Crippen LogP contribution < -0.4 is 34.7 Å². The Balaban J connectivity index is 0. The molecule has 0 aromatic carbocycles.